The van der Waals surface area contributed by atoms with E-state index < -0.39 is 10.5 Å². The Kier molecular flexibility index (Phi) is 4.02. The van der Waals surface area contributed by atoms with Gasteiger partial charge in [-0.1, -0.05) is 0 Å². The van der Waals surface area contributed by atoms with Gasteiger partial charge in [-0.15, -0.1) is 0 Å². The Morgan fingerprint density at radius 2 is 2.28 bits per heavy atom. The maximum atomic E-state index is 11.8. The van der Waals surface area contributed by atoms with Crippen LogP contribution in [0.25, 0.3) is 0 Å². The summed E-state index contributed by atoms with van der Waals surface area (Å²) in [5.74, 6) is -0.580. The van der Waals surface area contributed by atoms with Crippen LogP contribution in [0, 0.1) is 10.1 Å². The summed E-state index contributed by atoms with van der Waals surface area (Å²) in [5, 5.41) is 23.6. The van der Waals surface area contributed by atoms with Crippen LogP contribution in [0.1, 0.15) is 13.8 Å². The molecule has 0 aliphatic heterocycles. The Morgan fingerprint density at radius 3 is 2.72 bits per heavy atom. The molecule has 8 nitrogen and oxygen atoms in total. The zero-order chi connectivity index (χ0) is 13.9. The first-order valence-electron chi connectivity index (χ1n) is 5.33. The highest BCUT2D eigenvalue weighted by molar-refractivity contribution is 5.75. The third kappa shape index (κ3) is 4.13. The molecule has 0 spiro atoms. The summed E-state index contributed by atoms with van der Waals surface area (Å²) in [6.45, 7) is 3.26. The molecule has 1 heterocycles. The average Bonchev–Trinajstić information content (AvgIpc) is 2.63. The van der Waals surface area contributed by atoms with Gasteiger partial charge in [-0.2, -0.15) is 4.68 Å². The Bertz CT molecular complexity index is 449. The van der Waals surface area contributed by atoms with Crippen molar-refractivity contribution in [2.24, 2.45) is 0 Å². The van der Waals surface area contributed by atoms with Crippen molar-refractivity contribution < 1.29 is 14.8 Å². The summed E-state index contributed by atoms with van der Waals surface area (Å²) in [4.78, 5) is 22.9. The van der Waals surface area contributed by atoms with Crippen LogP contribution in [0.2, 0.25) is 0 Å². The van der Waals surface area contributed by atoms with Gasteiger partial charge in [0.25, 0.3) is 0 Å². The fourth-order valence-electron chi connectivity index (χ4n) is 1.46. The lowest BCUT2D eigenvalue weighted by Crippen LogP contribution is -2.41. The molecule has 0 aliphatic rings. The molecule has 0 radical (unpaired) electrons. The van der Waals surface area contributed by atoms with E-state index in [1.54, 1.807) is 20.9 Å². The highest BCUT2D eigenvalue weighted by atomic mass is 16.6. The number of nitrogens with zero attached hydrogens (tertiary/aromatic N) is 4. The smallest absolute Gasteiger partial charge is 0.389 e. The summed E-state index contributed by atoms with van der Waals surface area (Å²) in [6, 6.07) is 1.23. The molecule has 100 valence electrons. The van der Waals surface area contributed by atoms with Crippen molar-refractivity contribution in [3.05, 3.63) is 22.4 Å². The lowest BCUT2D eigenvalue weighted by atomic mass is 10.1. The van der Waals surface area contributed by atoms with Gasteiger partial charge in [-0.3, -0.25) is 4.79 Å². The normalized spacial score (nSPS) is 11.3. The predicted octanol–water partition coefficient (Wildman–Crippen LogP) is 0.0206. The molecular weight excluding hydrogens is 240 g/mol. The molecule has 0 aromatic carbocycles. The van der Waals surface area contributed by atoms with Gasteiger partial charge in [-0.05, 0) is 18.8 Å². The van der Waals surface area contributed by atoms with Gasteiger partial charge in [-0.25, -0.2) is 0 Å². The van der Waals surface area contributed by atoms with E-state index in [2.05, 4.69) is 5.10 Å². The van der Waals surface area contributed by atoms with Crippen LogP contribution in [0.5, 0.6) is 0 Å². The van der Waals surface area contributed by atoms with Crippen LogP contribution in [0.4, 0.5) is 5.82 Å². The van der Waals surface area contributed by atoms with Gasteiger partial charge in [0.2, 0.25) is 5.91 Å². The molecule has 0 saturated carbocycles. The molecule has 1 aromatic rings. The lowest BCUT2D eigenvalue weighted by molar-refractivity contribution is -0.389. The first kappa shape index (κ1) is 14.1. The summed E-state index contributed by atoms with van der Waals surface area (Å²) >= 11 is 0. The van der Waals surface area contributed by atoms with Crippen molar-refractivity contribution in [3.63, 3.8) is 0 Å². The van der Waals surface area contributed by atoms with E-state index in [1.807, 2.05) is 0 Å². The second kappa shape index (κ2) is 5.13. The minimum Gasteiger partial charge on any atom is -0.389 e. The second-order valence-electron chi connectivity index (χ2n) is 4.69. The molecule has 8 heteroatoms. The SMILES string of the molecule is CN(CC(C)(C)O)C(=O)Cn1ccc([N+](=O)[O-])n1. The lowest BCUT2D eigenvalue weighted by Gasteiger charge is -2.25. The first-order valence-corrected chi connectivity index (χ1v) is 5.33. The van der Waals surface area contributed by atoms with Crippen LogP contribution >= 0.6 is 0 Å². The van der Waals surface area contributed by atoms with Crippen molar-refractivity contribution in [1.29, 1.82) is 0 Å². The number of hydrogen-bond acceptors (Lipinski definition) is 5. The monoisotopic (exact) mass is 256 g/mol. The zero-order valence-corrected chi connectivity index (χ0v) is 10.5. The number of hydrogen-bond donors (Lipinski definition) is 1. The van der Waals surface area contributed by atoms with Crippen LogP contribution in [-0.4, -0.2) is 49.8 Å². The van der Waals surface area contributed by atoms with Gasteiger partial charge >= 0.3 is 5.82 Å². The minimum atomic E-state index is -0.986. The number of carbonyl (C=O) groups is 1. The molecule has 0 saturated heterocycles. The summed E-state index contributed by atoms with van der Waals surface area (Å²) in [7, 11) is 1.55. The molecule has 0 unspecified atom stereocenters. The summed E-state index contributed by atoms with van der Waals surface area (Å²) < 4.78 is 1.20. The third-order valence-corrected chi connectivity index (χ3v) is 2.16. The molecule has 1 aromatic heterocycles. The highest BCUT2D eigenvalue weighted by Crippen LogP contribution is 2.07. The zero-order valence-electron chi connectivity index (χ0n) is 10.5. The van der Waals surface area contributed by atoms with E-state index in [9.17, 15) is 20.0 Å². The number of likely N-dealkylation sites (N-methyl/N-ethyl adjacent to an activating group) is 1. The van der Waals surface area contributed by atoms with Gasteiger partial charge in [0, 0.05) is 13.6 Å². The Hall–Kier alpha value is -1.96. The van der Waals surface area contributed by atoms with Crippen molar-refractivity contribution >= 4 is 11.7 Å². The van der Waals surface area contributed by atoms with E-state index in [0.717, 1.165) is 0 Å². The Balaban J connectivity index is 2.61. The quantitative estimate of drug-likeness (QED) is 0.591. The number of aliphatic hydroxyl groups is 1. The number of nitro groups is 1. The maximum absolute atomic E-state index is 11.8. The Labute approximate surface area is 104 Å². The molecule has 0 fully saturated rings. The van der Waals surface area contributed by atoms with E-state index >= 15 is 0 Å². The van der Waals surface area contributed by atoms with Gasteiger partial charge < -0.3 is 20.1 Å². The van der Waals surface area contributed by atoms with Crippen LogP contribution in [-0.2, 0) is 11.3 Å². The van der Waals surface area contributed by atoms with Gasteiger partial charge in [0.1, 0.15) is 6.54 Å². The third-order valence-electron chi connectivity index (χ3n) is 2.16. The van der Waals surface area contributed by atoms with E-state index in [-0.39, 0.29) is 24.8 Å². The number of rotatable bonds is 5. The molecule has 1 rings (SSSR count). The molecule has 1 N–H and O–H groups in total. The molecular formula is C10H16N4O4. The van der Waals surface area contributed by atoms with Crippen LogP contribution in [0.3, 0.4) is 0 Å². The molecule has 18 heavy (non-hydrogen) atoms. The number of carbonyl (C=O) groups excluding carboxylic acids is 1. The van der Waals surface area contributed by atoms with Crippen LogP contribution < -0.4 is 0 Å². The number of amides is 1. The van der Waals surface area contributed by atoms with Crippen molar-refractivity contribution in [1.82, 2.24) is 14.7 Å². The summed E-state index contributed by atoms with van der Waals surface area (Å²) in [6.07, 6.45) is 1.37. The fraction of sp³-hybridized carbons (Fsp3) is 0.600. The van der Waals surface area contributed by atoms with E-state index in [4.69, 9.17) is 0 Å². The van der Waals surface area contributed by atoms with E-state index in [1.165, 1.54) is 21.8 Å². The minimum absolute atomic E-state index is 0.0968. The molecule has 0 aliphatic carbocycles. The van der Waals surface area contributed by atoms with Gasteiger partial charge in [0.05, 0.1) is 23.0 Å². The average molecular weight is 256 g/mol. The van der Waals surface area contributed by atoms with Crippen molar-refractivity contribution in [3.8, 4) is 0 Å². The Morgan fingerprint density at radius 1 is 1.67 bits per heavy atom. The standard InChI is InChI=1S/C10H16N4O4/c1-10(2,16)7-12(3)9(15)6-13-5-4-8(11-13)14(17)18/h4-5,16H,6-7H2,1-3H3. The highest BCUT2D eigenvalue weighted by Gasteiger charge is 2.21. The topological polar surface area (TPSA) is 102 Å². The summed E-state index contributed by atoms with van der Waals surface area (Å²) in [5.41, 5.74) is -0.986. The molecule has 0 bridgehead atoms. The van der Waals surface area contributed by atoms with Gasteiger partial charge in [0.15, 0.2) is 0 Å². The number of aromatic nitrogens is 2. The fourth-order valence-corrected chi connectivity index (χ4v) is 1.46. The van der Waals surface area contributed by atoms with Crippen LogP contribution in [0.15, 0.2) is 12.3 Å². The second-order valence-corrected chi connectivity index (χ2v) is 4.69. The molecule has 1 amide bonds. The predicted molar refractivity (Wildman–Crippen MR) is 62.8 cm³/mol. The molecule has 0 atom stereocenters. The van der Waals surface area contributed by atoms with E-state index in [0.29, 0.717) is 0 Å². The van der Waals surface area contributed by atoms with Crippen molar-refractivity contribution in [2.45, 2.75) is 26.0 Å². The largest absolute Gasteiger partial charge is 0.389 e. The first-order chi connectivity index (χ1) is 8.19. The maximum Gasteiger partial charge on any atom is 0.389 e. The van der Waals surface area contributed by atoms with Crippen molar-refractivity contribution in [2.75, 3.05) is 13.6 Å².